The van der Waals surface area contributed by atoms with Gasteiger partial charge in [0.25, 0.3) is 0 Å². The Hall–Kier alpha value is -1.46. The zero-order valence-corrected chi connectivity index (χ0v) is 15.4. The molecule has 2 aromatic carbocycles. The Morgan fingerprint density at radius 1 is 1.12 bits per heavy atom. The summed E-state index contributed by atoms with van der Waals surface area (Å²) in [5.74, 6) is -1.01. The van der Waals surface area contributed by atoms with Crippen LogP contribution in [0, 0.1) is 0 Å². The number of carboxylic acids is 1. The second-order valence-corrected chi connectivity index (χ2v) is 8.84. The van der Waals surface area contributed by atoms with Gasteiger partial charge in [-0.25, -0.2) is 4.67 Å². The van der Waals surface area contributed by atoms with Crippen LogP contribution in [-0.4, -0.2) is 35.4 Å². The zero-order valence-electron chi connectivity index (χ0n) is 12.9. The van der Waals surface area contributed by atoms with Crippen LogP contribution in [0.4, 0.5) is 0 Å². The largest absolute Gasteiger partial charge is 0.480 e. The van der Waals surface area contributed by atoms with Crippen LogP contribution in [0.2, 0.25) is 0 Å². The van der Waals surface area contributed by atoms with E-state index in [2.05, 4.69) is 15.9 Å². The molecule has 24 heavy (non-hydrogen) atoms. The Labute approximate surface area is 148 Å². The maximum Gasteiger partial charge on any atom is 0.318 e. The number of carbonyl (C=O) groups is 1. The summed E-state index contributed by atoms with van der Waals surface area (Å²) in [6.45, 7) is 0.547. The number of hydrogen-bond acceptors (Lipinski definition) is 3. The van der Waals surface area contributed by atoms with E-state index in [4.69, 9.17) is 9.63 Å². The van der Waals surface area contributed by atoms with Gasteiger partial charge < -0.3 is 9.63 Å². The van der Waals surface area contributed by atoms with Crippen LogP contribution in [0.1, 0.15) is 6.42 Å². The average molecular weight is 410 g/mol. The summed E-state index contributed by atoms with van der Waals surface area (Å²) < 4.78 is 21.2. The van der Waals surface area contributed by atoms with E-state index >= 15 is 0 Å². The summed E-state index contributed by atoms with van der Waals surface area (Å²) in [7, 11) is -3.30. The molecule has 0 saturated carbocycles. The maximum absolute atomic E-state index is 13.2. The highest BCUT2D eigenvalue weighted by Crippen LogP contribution is 2.51. The second kappa shape index (κ2) is 7.19. The highest BCUT2D eigenvalue weighted by atomic mass is 79.9. The predicted octanol–water partition coefficient (Wildman–Crippen LogP) is 3.74. The van der Waals surface area contributed by atoms with Crippen molar-refractivity contribution in [3.8, 4) is 11.1 Å². The van der Waals surface area contributed by atoms with E-state index in [1.54, 1.807) is 12.1 Å². The van der Waals surface area contributed by atoms with Crippen molar-refractivity contribution in [1.29, 1.82) is 0 Å². The zero-order chi connectivity index (χ0) is 17.2. The van der Waals surface area contributed by atoms with Gasteiger partial charge in [-0.2, -0.15) is 0 Å². The summed E-state index contributed by atoms with van der Waals surface area (Å²) in [6, 6.07) is 15.2. The van der Waals surface area contributed by atoms with E-state index < -0.39 is 13.5 Å². The van der Waals surface area contributed by atoms with Gasteiger partial charge in [0, 0.05) is 11.0 Å². The number of aliphatic carboxylic acids is 1. The molecule has 0 aromatic heterocycles. The van der Waals surface area contributed by atoms with Crippen molar-refractivity contribution in [2.45, 2.75) is 6.42 Å². The number of nitrogens with zero attached hydrogens (tertiary/aromatic N) is 1. The van der Waals surface area contributed by atoms with E-state index in [0.29, 0.717) is 24.9 Å². The van der Waals surface area contributed by atoms with Gasteiger partial charge in [0.15, 0.2) is 0 Å². The molecule has 1 aliphatic heterocycles. The van der Waals surface area contributed by atoms with Gasteiger partial charge in [-0.15, -0.1) is 0 Å². The molecule has 1 heterocycles. The van der Waals surface area contributed by atoms with Crippen LogP contribution < -0.4 is 5.30 Å². The van der Waals surface area contributed by atoms with Gasteiger partial charge in [-0.1, -0.05) is 40.2 Å². The molecule has 126 valence electrons. The molecule has 1 fully saturated rings. The predicted molar refractivity (Wildman–Crippen MR) is 96.6 cm³/mol. The molecule has 1 atom stereocenters. The number of rotatable bonds is 4. The Balaban J connectivity index is 1.89. The normalized spacial score (nSPS) is 21.5. The Morgan fingerprint density at radius 2 is 1.71 bits per heavy atom. The maximum atomic E-state index is 13.2. The van der Waals surface area contributed by atoms with Crippen LogP contribution in [0.25, 0.3) is 11.1 Å². The first-order valence-electron chi connectivity index (χ1n) is 7.57. The fraction of sp³-hybridized carbons (Fsp3) is 0.235. The van der Waals surface area contributed by atoms with E-state index in [0.717, 1.165) is 15.6 Å². The third kappa shape index (κ3) is 3.62. The molecule has 5 nitrogen and oxygen atoms in total. The number of benzene rings is 2. The first-order valence-corrected chi connectivity index (χ1v) is 9.94. The van der Waals surface area contributed by atoms with Crippen molar-refractivity contribution in [1.82, 2.24) is 4.67 Å². The fourth-order valence-corrected chi connectivity index (χ4v) is 5.22. The van der Waals surface area contributed by atoms with E-state index in [1.165, 1.54) is 4.67 Å². The van der Waals surface area contributed by atoms with Crippen molar-refractivity contribution in [3.05, 3.63) is 53.0 Å². The number of halogens is 1. The van der Waals surface area contributed by atoms with Crippen molar-refractivity contribution >= 4 is 34.7 Å². The van der Waals surface area contributed by atoms with E-state index in [1.807, 2.05) is 36.4 Å². The minimum Gasteiger partial charge on any atom is -0.480 e. The van der Waals surface area contributed by atoms with Gasteiger partial charge in [0.05, 0.1) is 11.9 Å². The van der Waals surface area contributed by atoms with E-state index in [9.17, 15) is 9.36 Å². The SMILES string of the molecule is O=C(O)CN1CCCOP1(=O)c1ccc(-c2ccc(Br)cc2)cc1. The van der Waals surface area contributed by atoms with Crippen LogP contribution in [0.5, 0.6) is 0 Å². The highest BCUT2D eigenvalue weighted by molar-refractivity contribution is 9.10. The van der Waals surface area contributed by atoms with Crippen LogP contribution in [0.3, 0.4) is 0 Å². The lowest BCUT2D eigenvalue weighted by Crippen LogP contribution is -2.36. The molecule has 1 saturated heterocycles. The minimum absolute atomic E-state index is 0.286. The van der Waals surface area contributed by atoms with Gasteiger partial charge >= 0.3 is 13.5 Å². The second-order valence-electron chi connectivity index (χ2n) is 5.54. The van der Waals surface area contributed by atoms with Crippen molar-refractivity contribution in [3.63, 3.8) is 0 Å². The monoisotopic (exact) mass is 409 g/mol. The average Bonchev–Trinajstić information content (AvgIpc) is 2.57. The smallest absolute Gasteiger partial charge is 0.318 e. The molecule has 0 spiro atoms. The molecule has 0 bridgehead atoms. The highest BCUT2D eigenvalue weighted by Gasteiger charge is 2.37. The third-order valence-corrected chi connectivity index (χ3v) is 6.99. The molecule has 3 rings (SSSR count). The van der Waals surface area contributed by atoms with Crippen LogP contribution >= 0.6 is 23.4 Å². The molecule has 0 aliphatic carbocycles. The quantitative estimate of drug-likeness (QED) is 0.779. The Kier molecular flexibility index (Phi) is 5.21. The molecule has 2 aromatic rings. The summed E-state index contributed by atoms with van der Waals surface area (Å²) in [6.07, 6.45) is 0.675. The van der Waals surface area contributed by atoms with Crippen molar-refractivity contribution in [2.24, 2.45) is 0 Å². The van der Waals surface area contributed by atoms with Crippen molar-refractivity contribution in [2.75, 3.05) is 19.7 Å². The Morgan fingerprint density at radius 3 is 2.29 bits per heavy atom. The van der Waals surface area contributed by atoms with Gasteiger partial charge in [0.1, 0.15) is 6.54 Å². The van der Waals surface area contributed by atoms with Gasteiger partial charge in [0.2, 0.25) is 0 Å². The third-order valence-electron chi connectivity index (χ3n) is 3.89. The minimum atomic E-state index is -3.30. The lowest BCUT2D eigenvalue weighted by molar-refractivity contribution is -0.137. The summed E-state index contributed by atoms with van der Waals surface area (Å²) in [5.41, 5.74) is 2.05. The molecule has 1 N–H and O–H groups in total. The van der Waals surface area contributed by atoms with Crippen LogP contribution in [-0.2, 0) is 13.9 Å². The standard InChI is InChI=1S/C17H17BrNO4P/c18-15-6-2-13(3-7-15)14-4-8-16(9-5-14)24(22)19(12-17(20)21)10-1-11-23-24/h2-9H,1,10-12H2,(H,20,21). The van der Waals surface area contributed by atoms with Crippen molar-refractivity contribution < 1.29 is 19.0 Å². The lowest BCUT2D eigenvalue weighted by Gasteiger charge is -2.34. The topological polar surface area (TPSA) is 66.8 Å². The summed E-state index contributed by atoms with van der Waals surface area (Å²) >= 11 is 3.41. The number of carboxylic acid groups (broad SMARTS) is 1. The molecule has 1 unspecified atom stereocenters. The number of hydrogen-bond donors (Lipinski definition) is 1. The first kappa shape index (κ1) is 17.4. The summed E-state index contributed by atoms with van der Waals surface area (Å²) in [4.78, 5) is 11.0. The molecular formula is C17H17BrNO4P. The summed E-state index contributed by atoms with van der Waals surface area (Å²) in [5, 5.41) is 9.57. The lowest BCUT2D eigenvalue weighted by atomic mass is 10.1. The fourth-order valence-electron chi connectivity index (χ4n) is 2.70. The molecule has 0 radical (unpaired) electrons. The molecular weight excluding hydrogens is 393 g/mol. The van der Waals surface area contributed by atoms with Gasteiger partial charge in [-0.05, 0) is 41.8 Å². The Bertz CT molecular complexity index is 776. The molecule has 0 amide bonds. The van der Waals surface area contributed by atoms with E-state index in [-0.39, 0.29) is 6.54 Å². The molecule has 1 aliphatic rings. The first-order chi connectivity index (χ1) is 11.5. The molecule has 7 heteroatoms. The van der Waals surface area contributed by atoms with Gasteiger partial charge in [-0.3, -0.25) is 9.36 Å². The van der Waals surface area contributed by atoms with Crippen LogP contribution in [0.15, 0.2) is 53.0 Å².